The van der Waals surface area contributed by atoms with E-state index in [1.54, 1.807) is 0 Å². The zero-order valence-electron chi connectivity index (χ0n) is 8.28. The van der Waals surface area contributed by atoms with Crippen molar-refractivity contribution in [3.63, 3.8) is 0 Å². The van der Waals surface area contributed by atoms with E-state index >= 15 is 0 Å². The summed E-state index contributed by atoms with van der Waals surface area (Å²) in [4.78, 5) is 12.5. The number of nitriles is 1. The van der Waals surface area contributed by atoms with Gasteiger partial charge in [-0.15, -0.1) is 0 Å². The number of hydrogen-bond donors (Lipinski definition) is 0. The molecule has 0 aromatic heterocycles. The predicted octanol–water partition coefficient (Wildman–Crippen LogP) is 1.84. The van der Waals surface area contributed by atoms with E-state index in [-0.39, 0.29) is 18.7 Å². The molecule has 0 N–H and O–H groups in total. The summed E-state index contributed by atoms with van der Waals surface area (Å²) < 4.78 is 26.8. The summed E-state index contributed by atoms with van der Waals surface area (Å²) in [6.45, 7) is 0.0488. The van der Waals surface area contributed by atoms with Gasteiger partial charge < -0.3 is 4.90 Å². The molecule has 16 heavy (non-hydrogen) atoms. The van der Waals surface area contributed by atoms with E-state index in [2.05, 4.69) is 0 Å². The van der Waals surface area contributed by atoms with Gasteiger partial charge in [-0.05, 0) is 12.1 Å². The zero-order chi connectivity index (χ0) is 11.7. The van der Waals surface area contributed by atoms with Gasteiger partial charge in [-0.25, -0.2) is 8.78 Å². The van der Waals surface area contributed by atoms with Crippen molar-refractivity contribution < 1.29 is 13.6 Å². The Morgan fingerprint density at radius 3 is 2.50 bits per heavy atom. The van der Waals surface area contributed by atoms with Gasteiger partial charge in [-0.3, -0.25) is 4.79 Å². The molecule has 1 aromatic carbocycles. The maximum absolute atomic E-state index is 13.4. The first-order valence-corrected chi connectivity index (χ1v) is 4.77. The van der Waals surface area contributed by atoms with Crippen molar-refractivity contribution in [2.75, 3.05) is 11.4 Å². The summed E-state index contributed by atoms with van der Waals surface area (Å²) in [6, 6.07) is 5.34. The fourth-order valence-electron chi connectivity index (χ4n) is 1.76. The van der Waals surface area contributed by atoms with Gasteiger partial charge in [-0.2, -0.15) is 5.26 Å². The molecule has 0 bridgehead atoms. The van der Waals surface area contributed by atoms with Gasteiger partial charge >= 0.3 is 0 Å². The number of rotatable bonds is 1. The fourth-order valence-corrected chi connectivity index (χ4v) is 1.76. The SMILES string of the molecule is N#CC1CC(=O)N(c2c(F)cccc2F)C1. The van der Waals surface area contributed by atoms with Gasteiger partial charge in [0.15, 0.2) is 0 Å². The maximum atomic E-state index is 13.4. The summed E-state index contributed by atoms with van der Waals surface area (Å²) in [6.07, 6.45) is 0.0181. The van der Waals surface area contributed by atoms with Gasteiger partial charge in [0.05, 0.1) is 12.0 Å². The number of para-hydroxylation sites is 1. The summed E-state index contributed by atoms with van der Waals surface area (Å²) in [7, 11) is 0. The first kappa shape index (κ1) is 10.6. The Morgan fingerprint density at radius 2 is 2.00 bits per heavy atom. The Morgan fingerprint density at radius 1 is 1.38 bits per heavy atom. The molecule has 0 spiro atoms. The topological polar surface area (TPSA) is 44.1 Å². The summed E-state index contributed by atoms with van der Waals surface area (Å²) in [5.41, 5.74) is -0.356. The third-order valence-corrected chi connectivity index (χ3v) is 2.52. The number of nitrogens with zero attached hydrogens (tertiary/aromatic N) is 2. The molecular formula is C11H8F2N2O. The molecule has 0 radical (unpaired) electrons. The Bertz CT molecular complexity index is 461. The number of carbonyl (C=O) groups is 1. The molecule has 1 saturated heterocycles. The lowest BCUT2D eigenvalue weighted by atomic mass is 10.1. The highest BCUT2D eigenvalue weighted by Gasteiger charge is 2.33. The number of hydrogen-bond acceptors (Lipinski definition) is 2. The van der Waals surface area contributed by atoms with Crippen molar-refractivity contribution >= 4 is 11.6 Å². The van der Waals surface area contributed by atoms with Crippen LogP contribution in [-0.4, -0.2) is 12.5 Å². The molecule has 3 nitrogen and oxygen atoms in total. The molecule has 2 rings (SSSR count). The second kappa shape index (κ2) is 3.89. The van der Waals surface area contributed by atoms with Crippen LogP contribution in [0.5, 0.6) is 0 Å². The van der Waals surface area contributed by atoms with Crippen molar-refractivity contribution in [1.82, 2.24) is 0 Å². The summed E-state index contributed by atoms with van der Waals surface area (Å²) >= 11 is 0. The molecule has 82 valence electrons. The fraction of sp³-hybridized carbons (Fsp3) is 0.273. The predicted molar refractivity (Wildman–Crippen MR) is 52.4 cm³/mol. The molecule has 1 aliphatic rings. The van der Waals surface area contributed by atoms with Crippen LogP contribution in [-0.2, 0) is 4.79 Å². The summed E-state index contributed by atoms with van der Waals surface area (Å²) in [5, 5.41) is 8.67. The molecule has 1 aromatic rings. The molecule has 1 amide bonds. The quantitative estimate of drug-likeness (QED) is 0.727. The van der Waals surface area contributed by atoms with Gasteiger partial charge in [0, 0.05) is 13.0 Å². The van der Waals surface area contributed by atoms with Crippen LogP contribution in [0.3, 0.4) is 0 Å². The second-order valence-electron chi connectivity index (χ2n) is 3.60. The lowest BCUT2D eigenvalue weighted by molar-refractivity contribution is -0.117. The minimum atomic E-state index is -0.785. The standard InChI is InChI=1S/C11H8F2N2O/c12-8-2-1-3-9(13)11(8)15-6-7(5-14)4-10(15)16/h1-3,7H,4,6H2. The molecule has 0 aliphatic carbocycles. The third-order valence-electron chi connectivity index (χ3n) is 2.52. The smallest absolute Gasteiger partial charge is 0.228 e. The average molecular weight is 222 g/mol. The van der Waals surface area contributed by atoms with Crippen molar-refractivity contribution in [3.05, 3.63) is 29.8 Å². The van der Waals surface area contributed by atoms with E-state index in [0.29, 0.717) is 0 Å². The molecule has 1 heterocycles. The monoisotopic (exact) mass is 222 g/mol. The van der Waals surface area contributed by atoms with E-state index in [1.165, 1.54) is 6.07 Å². The third kappa shape index (κ3) is 1.63. The van der Waals surface area contributed by atoms with Gasteiger partial charge in [0.2, 0.25) is 5.91 Å². The normalized spacial score (nSPS) is 19.9. The van der Waals surface area contributed by atoms with E-state index in [9.17, 15) is 13.6 Å². The van der Waals surface area contributed by atoms with Crippen molar-refractivity contribution in [2.45, 2.75) is 6.42 Å². The van der Waals surface area contributed by atoms with Gasteiger partial charge in [-0.1, -0.05) is 6.07 Å². The molecule has 5 heteroatoms. The highest BCUT2D eigenvalue weighted by atomic mass is 19.1. The lowest BCUT2D eigenvalue weighted by Crippen LogP contribution is -2.26. The van der Waals surface area contributed by atoms with Crippen LogP contribution in [0.4, 0.5) is 14.5 Å². The number of halogens is 2. The maximum Gasteiger partial charge on any atom is 0.228 e. The minimum Gasteiger partial charge on any atom is -0.306 e. The van der Waals surface area contributed by atoms with Crippen molar-refractivity contribution in [1.29, 1.82) is 5.26 Å². The molecule has 1 fully saturated rings. The Hall–Kier alpha value is -1.96. The van der Waals surface area contributed by atoms with Crippen LogP contribution in [0.25, 0.3) is 0 Å². The van der Waals surface area contributed by atoms with E-state index in [0.717, 1.165) is 17.0 Å². The molecular weight excluding hydrogens is 214 g/mol. The van der Waals surface area contributed by atoms with E-state index in [4.69, 9.17) is 5.26 Å². The highest BCUT2D eigenvalue weighted by molar-refractivity contribution is 5.96. The van der Waals surface area contributed by atoms with Crippen LogP contribution in [0.2, 0.25) is 0 Å². The average Bonchev–Trinajstić information content (AvgIpc) is 2.60. The van der Waals surface area contributed by atoms with Crippen LogP contribution in [0.15, 0.2) is 18.2 Å². The molecule has 1 atom stereocenters. The van der Waals surface area contributed by atoms with Crippen LogP contribution in [0.1, 0.15) is 6.42 Å². The first-order valence-electron chi connectivity index (χ1n) is 4.77. The Balaban J connectivity index is 2.39. The second-order valence-corrected chi connectivity index (χ2v) is 3.60. The van der Waals surface area contributed by atoms with Gasteiger partial charge in [0.25, 0.3) is 0 Å². The zero-order valence-corrected chi connectivity index (χ0v) is 8.28. The molecule has 1 aliphatic heterocycles. The van der Waals surface area contributed by atoms with Crippen LogP contribution >= 0.6 is 0 Å². The Kier molecular flexibility index (Phi) is 2.57. The van der Waals surface area contributed by atoms with Crippen molar-refractivity contribution in [2.24, 2.45) is 5.92 Å². The van der Waals surface area contributed by atoms with E-state index in [1.807, 2.05) is 6.07 Å². The number of carbonyl (C=O) groups excluding carboxylic acids is 1. The lowest BCUT2D eigenvalue weighted by Gasteiger charge is -2.17. The van der Waals surface area contributed by atoms with E-state index < -0.39 is 23.5 Å². The number of anilines is 1. The van der Waals surface area contributed by atoms with Crippen LogP contribution < -0.4 is 4.90 Å². The number of amides is 1. The largest absolute Gasteiger partial charge is 0.306 e. The minimum absolute atomic E-state index is 0.0181. The van der Waals surface area contributed by atoms with Crippen LogP contribution in [0, 0.1) is 28.9 Å². The Labute approximate surface area is 90.9 Å². The number of benzene rings is 1. The summed E-state index contributed by atoms with van der Waals surface area (Å²) in [5.74, 6) is -2.49. The molecule has 0 saturated carbocycles. The highest BCUT2D eigenvalue weighted by Crippen LogP contribution is 2.29. The van der Waals surface area contributed by atoms with Gasteiger partial charge in [0.1, 0.15) is 17.3 Å². The molecule has 1 unspecified atom stereocenters. The van der Waals surface area contributed by atoms with Crippen molar-refractivity contribution in [3.8, 4) is 6.07 Å². The first-order chi connectivity index (χ1) is 7.63.